The molecule has 0 radical (unpaired) electrons. The number of benzene rings is 1. The van der Waals surface area contributed by atoms with Gasteiger partial charge in [0.2, 0.25) is 5.91 Å². The molecule has 0 bridgehead atoms. The highest BCUT2D eigenvalue weighted by Crippen LogP contribution is 2.18. The topological polar surface area (TPSA) is 49.6 Å². The van der Waals surface area contributed by atoms with Gasteiger partial charge in [0.1, 0.15) is 0 Å². The summed E-state index contributed by atoms with van der Waals surface area (Å²) in [4.78, 5) is 15.6. The van der Waals surface area contributed by atoms with E-state index in [2.05, 4.69) is 16.4 Å². The third-order valence-electron chi connectivity index (χ3n) is 3.34. The second-order valence-corrected chi connectivity index (χ2v) is 4.62. The van der Waals surface area contributed by atoms with Gasteiger partial charge in [-0.2, -0.15) is 0 Å². The van der Waals surface area contributed by atoms with E-state index in [0.29, 0.717) is 5.56 Å². The van der Waals surface area contributed by atoms with E-state index in [4.69, 9.17) is 5.73 Å². The van der Waals surface area contributed by atoms with Crippen molar-refractivity contribution in [2.75, 3.05) is 31.1 Å². The Morgan fingerprint density at radius 2 is 1.72 bits per heavy atom. The molecular formula is C14H19N3O. The molecule has 96 valence electrons. The molecule has 0 aromatic heterocycles. The van der Waals surface area contributed by atoms with E-state index >= 15 is 0 Å². The number of allylic oxidation sites excluding steroid dienone is 1. The number of carbonyl (C=O) groups excluding carboxylic acids is 1. The average Bonchev–Trinajstić information content (AvgIpc) is 2.39. The Kier molecular flexibility index (Phi) is 3.55. The van der Waals surface area contributed by atoms with Crippen LogP contribution in [0, 0.1) is 0 Å². The number of amides is 1. The van der Waals surface area contributed by atoms with Crippen LogP contribution in [0.5, 0.6) is 0 Å². The SMILES string of the molecule is C=C(C)N1CCN(c2ccc(C(N)=O)cc2)CC1. The minimum atomic E-state index is -0.381. The Morgan fingerprint density at radius 3 is 2.17 bits per heavy atom. The summed E-state index contributed by atoms with van der Waals surface area (Å²) in [5, 5.41) is 0. The highest BCUT2D eigenvalue weighted by molar-refractivity contribution is 5.93. The van der Waals surface area contributed by atoms with Crippen LogP contribution < -0.4 is 10.6 Å². The molecule has 0 saturated carbocycles. The number of nitrogens with zero attached hydrogens (tertiary/aromatic N) is 2. The van der Waals surface area contributed by atoms with Crippen molar-refractivity contribution >= 4 is 11.6 Å². The van der Waals surface area contributed by atoms with Gasteiger partial charge in [0.15, 0.2) is 0 Å². The number of hydrogen-bond donors (Lipinski definition) is 1. The maximum atomic E-state index is 11.0. The lowest BCUT2D eigenvalue weighted by molar-refractivity contribution is 0.100. The lowest BCUT2D eigenvalue weighted by atomic mass is 10.1. The zero-order valence-corrected chi connectivity index (χ0v) is 10.7. The molecule has 1 aliphatic heterocycles. The molecular weight excluding hydrogens is 226 g/mol. The molecule has 0 aliphatic carbocycles. The minimum Gasteiger partial charge on any atom is -0.372 e. The van der Waals surface area contributed by atoms with Crippen LogP contribution in [0.15, 0.2) is 36.5 Å². The summed E-state index contributed by atoms with van der Waals surface area (Å²) in [6, 6.07) is 7.47. The van der Waals surface area contributed by atoms with Gasteiger partial charge in [-0.1, -0.05) is 6.58 Å². The van der Waals surface area contributed by atoms with Gasteiger partial charge in [-0.25, -0.2) is 0 Å². The first-order valence-electron chi connectivity index (χ1n) is 6.13. The van der Waals surface area contributed by atoms with E-state index in [1.54, 1.807) is 12.1 Å². The Hall–Kier alpha value is -1.97. The van der Waals surface area contributed by atoms with Gasteiger partial charge in [0.25, 0.3) is 0 Å². The Labute approximate surface area is 108 Å². The van der Waals surface area contributed by atoms with Crippen molar-refractivity contribution in [1.82, 2.24) is 4.90 Å². The van der Waals surface area contributed by atoms with Crippen LogP contribution in [0.25, 0.3) is 0 Å². The molecule has 0 spiro atoms. The molecule has 2 rings (SSSR count). The summed E-state index contributed by atoms with van der Waals surface area (Å²) in [5.74, 6) is -0.381. The van der Waals surface area contributed by atoms with E-state index in [1.807, 2.05) is 19.1 Å². The summed E-state index contributed by atoms with van der Waals surface area (Å²) in [6.45, 7) is 9.94. The van der Waals surface area contributed by atoms with Crippen molar-refractivity contribution in [1.29, 1.82) is 0 Å². The molecule has 1 aromatic carbocycles. The monoisotopic (exact) mass is 245 g/mol. The molecule has 4 nitrogen and oxygen atoms in total. The van der Waals surface area contributed by atoms with Crippen LogP contribution in [-0.4, -0.2) is 37.0 Å². The predicted octanol–water partition coefficient (Wildman–Crippen LogP) is 1.44. The molecule has 1 saturated heterocycles. The first kappa shape index (κ1) is 12.5. The van der Waals surface area contributed by atoms with Crippen molar-refractivity contribution < 1.29 is 4.79 Å². The van der Waals surface area contributed by atoms with Gasteiger partial charge in [0, 0.05) is 43.1 Å². The number of rotatable bonds is 3. The van der Waals surface area contributed by atoms with Crippen molar-refractivity contribution in [3.63, 3.8) is 0 Å². The first-order chi connectivity index (χ1) is 8.58. The van der Waals surface area contributed by atoms with Crippen molar-refractivity contribution in [2.45, 2.75) is 6.92 Å². The second-order valence-electron chi connectivity index (χ2n) is 4.62. The van der Waals surface area contributed by atoms with Gasteiger partial charge in [-0.05, 0) is 31.2 Å². The molecule has 1 amide bonds. The van der Waals surface area contributed by atoms with Gasteiger partial charge >= 0.3 is 0 Å². The quantitative estimate of drug-likeness (QED) is 0.876. The molecule has 2 N–H and O–H groups in total. The standard InChI is InChI=1S/C14H19N3O/c1-11(2)16-7-9-17(10-8-16)13-5-3-12(4-6-13)14(15)18/h3-6H,1,7-10H2,2H3,(H2,15,18). The smallest absolute Gasteiger partial charge is 0.248 e. The fraction of sp³-hybridized carbons (Fsp3) is 0.357. The van der Waals surface area contributed by atoms with Crippen LogP contribution >= 0.6 is 0 Å². The van der Waals surface area contributed by atoms with Gasteiger partial charge in [0.05, 0.1) is 0 Å². The third kappa shape index (κ3) is 2.64. The summed E-state index contributed by atoms with van der Waals surface area (Å²) in [6.07, 6.45) is 0. The van der Waals surface area contributed by atoms with Crippen LogP contribution in [0.2, 0.25) is 0 Å². The number of anilines is 1. The Morgan fingerprint density at radius 1 is 1.17 bits per heavy atom. The highest BCUT2D eigenvalue weighted by atomic mass is 16.1. The molecule has 1 aliphatic rings. The van der Waals surface area contributed by atoms with Gasteiger partial charge in [-0.3, -0.25) is 4.79 Å². The molecule has 18 heavy (non-hydrogen) atoms. The van der Waals surface area contributed by atoms with E-state index in [0.717, 1.165) is 37.6 Å². The summed E-state index contributed by atoms with van der Waals surface area (Å²) in [7, 11) is 0. The maximum Gasteiger partial charge on any atom is 0.248 e. The van der Waals surface area contributed by atoms with E-state index in [-0.39, 0.29) is 5.91 Å². The van der Waals surface area contributed by atoms with Crippen molar-refractivity contribution in [2.24, 2.45) is 5.73 Å². The van der Waals surface area contributed by atoms with E-state index < -0.39 is 0 Å². The fourth-order valence-electron chi connectivity index (χ4n) is 2.18. The molecule has 1 heterocycles. The van der Waals surface area contributed by atoms with E-state index in [9.17, 15) is 4.79 Å². The molecule has 4 heteroatoms. The second kappa shape index (κ2) is 5.12. The van der Waals surface area contributed by atoms with Gasteiger partial charge in [-0.15, -0.1) is 0 Å². The Balaban J connectivity index is 2.01. The van der Waals surface area contributed by atoms with Crippen LogP contribution in [0.3, 0.4) is 0 Å². The number of nitrogens with two attached hydrogens (primary N) is 1. The molecule has 1 fully saturated rings. The molecule has 1 aromatic rings. The fourth-order valence-corrected chi connectivity index (χ4v) is 2.18. The molecule has 0 unspecified atom stereocenters. The average molecular weight is 245 g/mol. The van der Waals surface area contributed by atoms with Crippen LogP contribution in [-0.2, 0) is 0 Å². The zero-order chi connectivity index (χ0) is 13.1. The maximum absolute atomic E-state index is 11.0. The summed E-state index contributed by atoms with van der Waals surface area (Å²) in [5.41, 5.74) is 8.04. The largest absolute Gasteiger partial charge is 0.372 e. The number of carbonyl (C=O) groups is 1. The predicted molar refractivity (Wildman–Crippen MR) is 73.6 cm³/mol. The zero-order valence-electron chi connectivity index (χ0n) is 10.7. The van der Waals surface area contributed by atoms with E-state index in [1.165, 1.54) is 0 Å². The van der Waals surface area contributed by atoms with Gasteiger partial charge < -0.3 is 15.5 Å². The third-order valence-corrected chi connectivity index (χ3v) is 3.34. The Bertz CT molecular complexity index is 445. The highest BCUT2D eigenvalue weighted by Gasteiger charge is 2.16. The van der Waals surface area contributed by atoms with Crippen LogP contribution in [0.4, 0.5) is 5.69 Å². The number of hydrogen-bond acceptors (Lipinski definition) is 3. The molecule has 0 atom stereocenters. The first-order valence-corrected chi connectivity index (χ1v) is 6.13. The summed E-state index contributed by atoms with van der Waals surface area (Å²) >= 11 is 0. The normalized spacial score (nSPS) is 15.6. The lowest BCUT2D eigenvalue weighted by Crippen LogP contribution is -2.45. The number of primary amides is 1. The van der Waals surface area contributed by atoms with Crippen LogP contribution in [0.1, 0.15) is 17.3 Å². The van der Waals surface area contributed by atoms with Crippen molar-refractivity contribution in [3.8, 4) is 0 Å². The summed E-state index contributed by atoms with van der Waals surface area (Å²) < 4.78 is 0. The van der Waals surface area contributed by atoms with Crippen molar-refractivity contribution in [3.05, 3.63) is 42.1 Å². The number of piperazine rings is 1. The lowest BCUT2D eigenvalue weighted by Gasteiger charge is -2.37. The minimum absolute atomic E-state index is 0.381.